The molecule has 0 amide bonds. The van der Waals surface area contributed by atoms with Gasteiger partial charge in [-0.15, -0.1) is 0 Å². The van der Waals surface area contributed by atoms with Crippen LogP contribution in [0, 0.1) is 0 Å². The van der Waals surface area contributed by atoms with E-state index in [1.165, 1.54) is 47.9 Å². The predicted octanol–water partition coefficient (Wildman–Crippen LogP) is 6.40. The molecule has 2 aromatic carbocycles. The van der Waals surface area contributed by atoms with Crippen molar-refractivity contribution in [2.75, 3.05) is 0 Å². The highest BCUT2D eigenvalue weighted by Gasteiger charge is 1.92. The smallest absolute Gasteiger partial charge is 0.0281 e. The Hall–Kier alpha value is -1.56. The summed E-state index contributed by atoms with van der Waals surface area (Å²) in [5, 5.41) is 0. The molecule has 0 nitrogen and oxygen atoms in total. The van der Waals surface area contributed by atoms with Crippen molar-refractivity contribution in [3.05, 3.63) is 70.8 Å². The Morgan fingerprint density at radius 1 is 0.455 bits per heavy atom. The zero-order valence-corrected chi connectivity index (χ0v) is 14.9. The summed E-state index contributed by atoms with van der Waals surface area (Å²) >= 11 is 0. The lowest BCUT2D eigenvalue weighted by atomic mass is 10.1. The minimum Gasteiger partial charge on any atom is -0.0651 e. The summed E-state index contributed by atoms with van der Waals surface area (Å²) in [5.74, 6) is 0. The molecule has 0 radical (unpaired) electrons. The molecule has 0 bridgehead atoms. The highest BCUT2D eigenvalue weighted by Crippen LogP contribution is 2.08. The molecule has 0 unspecified atom stereocenters. The van der Waals surface area contributed by atoms with Crippen LogP contribution in [-0.4, -0.2) is 0 Å². The lowest BCUT2D eigenvalue weighted by Crippen LogP contribution is -1.85. The molecule has 0 saturated heterocycles. The summed E-state index contributed by atoms with van der Waals surface area (Å²) in [6.07, 6.45) is 7.20. The van der Waals surface area contributed by atoms with Gasteiger partial charge in [-0.1, -0.05) is 89.1 Å². The monoisotopic (exact) mass is 296 g/mol. The number of rotatable bonds is 6. The minimum absolute atomic E-state index is 1.14. The number of hydrogen-bond donors (Lipinski definition) is 0. The molecule has 0 heterocycles. The van der Waals surface area contributed by atoms with Gasteiger partial charge in [0.2, 0.25) is 0 Å². The van der Waals surface area contributed by atoms with Crippen LogP contribution < -0.4 is 0 Å². The molecule has 0 aliphatic heterocycles. The van der Waals surface area contributed by atoms with Crippen molar-refractivity contribution in [1.82, 2.24) is 0 Å². The van der Waals surface area contributed by atoms with Gasteiger partial charge in [0, 0.05) is 0 Å². The Morgan fingerprint density at radius 3 is 0.955 bits per heavy atom. The van der Waals surface area contributed by atoms with Crippen molar-refractivity contribution < 1.29 is 0 Å². The molecular formula is C22H32. The largest absolute Gasteiger partial charge is 0.0651 e. The molecule has 120 valence electrons. The Balaban J connectivity index is 0.000000224. The van der Waals surface area contributed by atoms with Gasteiger partial charge in [-0.05, 0) is 47.9 Å². The van der Waals surface area contributed by atoms with Crippen LogP contribution in [0.15, 0.2) is 48.5 Å². The first-order chi connectivity index (χ1) is 10.7. The fraction of sp³-hybridized carbons (Fsp3) is 0.455. The van der Waals surface area contributed by atoms with Gasteiger partial charge < -0.3 is 0 Å². The van der Waals surface area contributed by atoms with Crippen molar-refractivity contribution >= 4 is 0 Å². The van der Waals surface area contributed by atoms with Gasteiger partial charge in [-0.25, -0.2) is 0 Å². The van der Waals surface area contributed by atoms with E-state index >= 15 is 0 Å². The first-order valence-corrected chi connectivity index (χ1v) is 8.89. The second-order valence-electron chi connectivity index (χ2n) is 5.84. The van der Waals surface area contributed by atoms with Crippen molar-refractivity contribution in [2.45, 2.75) is 66.2 Å². The fourth-order valence-corrected chi connectivity index (χ4v) is 2.46. The molecular weight excluding hydrogens is 264 g/mol. The maximum Gasteiger partial charge on any atom is -0.0281 e. The van der Waals surface area contributed by atoms with E-state index in [-0.39, 0.29) is 0 Å². The van der Waals surface area contributed by atoms with E-state index in [0.29, 0.717) is 0 Å². The van der Waals surface area contributed by atoms with Crippen LogP contribution in [0.4, 0.5) is 0 Å². The average molecular weight is 296 g/mol. The number of benzene rings is 2. The van der Waals surface area contributed by atoms with E-state index in [2.05, 4.69) is 76.2 Å². The van der Waals surface area contributed by atoms with Gasteiger partial charge in [-0.2, -0.15) is 0 Å². The van der Waals surface area contributed by atoms with Crippen LogP contribution in [0.25, 0.3) is 0 Å². The van der Waals surface area contributed by atoms with Crippen molar-refractivity contribution in [2.24, 2.45) is 0 Å². The van der Waals surface area contributed by atoms with Gasteiger partial charge >= 0.3 is 0 Å². The normalized spacial score (nSPS) is 10.0. The predicted molar refractivity (Wildman–Crippen MR) is 99.6 cm³/mol. The Labute approximate surface area is 137 Å². The molecule has 2 rings (SSSR count). The zero-order chi connectivity index (χ0) is 16.2. The van der Waals surface area contributed by atoms with Gasteiger partial charge in [-0.3, -0.25) is 0 Å². The second kappa shape index (κ2) is 11.1. The molecule has 0 fully saturated rings. The van der Waals surface area contributed by atoms with Gasteiger partial charge in [0.15, 0.2) is 0 Å². The molecule has 0 heteroatoms. The molecule has 0 aliphatic carbocycles. The number of aryl methyl sites for hydroxylation is 4. The highest BCUT2D eigenvalue weighted by molar-refractivity contribution is 5.23. The molecule has 0 spiro atoms. The lowest BCUT2D eigenvalue weighted by molar-refractivity contribution is 0.904. The SMILES string of the molecule is CCCc1ccc(CCC)cc1.CCc1ccc(CC)cc1. The summed E-state index contributed by atoms with van der Waals surface area (Å²) in [4.78, 5) is 0. The molecule has 0 N–H and O–H groups in total. The van der Waals surface area contributed by atoms with Crippen LogP contribution in [0.1, 0.15) is 62.8 Å². The Bertz CT molecular complexity index is 443. The summed E-state index contributed by atoms with van der Waals surface area (Å²) in [7, 11) is 0. The third-order valence-corrected chi connectivity index (χ3v) is 3.94. The summed E-state index contributed by atoms with van der Waals surface area (Å²) in [5.41, 5.74) is 5.80. The lowest BCUT2D eigenvalue weighted by Gasteiger charge is -2.01. The van der Waals surface area contributed by atoms with Crippen LogP contribution in [0.3, 0.4) is 0 Å². The van der Waals surface area contributed by atoms with E-state index in [1.807, 2.05) is 0 Å². The van der Waals surface area contributed by atoms with E-state index in [0.717, 1.165) is 12.8 Å². The third-order valence-electron chi connectivity index (χ3n) is 3.94. The topological polar surface area (TPSA) is 0 Å². The van der Waals surface area contributed by atoms with Crippen molar-refractivity contribution in [3.8, 4) is 0 Å². The van der Waals surface area contributed by atoms with Crippen molar-refractivity contribution in [1.29, 1.82) is 0 Å². The maximum atomic E-state index is 2.26. The first-order valence-electron chi connectivity index (χ1n) is 8.89. The molecule has 0 atom stereocenters. The molecule has 22 heavy (non-hydrogen) atoms. The van der Waals surface area contributed by atoms with Gasteiger partial charge in [0.25, 0.3) is 0 Å². The third kappa shape index (κ3) is 6.93. The summed E-state index contributed by atoms with van der Waals surface area (Å²) in [6.45, 7) is 8.81. The van der Waals surface area contributed by atoms with E-state index < -0.39 is 0 Å². The van der Waals surface area contributed by atoms with E-state index in [1.54, 1.807) is 0 Å². The van der Waals surface area contributed by atoms with Crippen LogP contribution in [0.2, 0.25) is 0 Å². The van der Waals surface area contributed by atoms with E-state index in [9.17, 15) is 0 Å². The summed E-state index contributed by atoms with van der Waals surface area (Å²) in [6, 6.07) is 17.9. The average Bonchev–Trinajstić information content (AvgIpc) is 2.58. The molecule has 0 saturated carbocycles. The molecule has 0 aliphatic rings. The van der Waals surface area contributed by atoms with Crippen LogP contribution in [-0.2, 0) is 25.7 Å². The Kier molecular flexibility index (Phi) is 9.30. The van der Waals surface area contributed by atoms with Crippen LogP contribution in [0.5, 0.6) is 0 Å². The maximum absolute atomic E-state index is 2.26. The summed E-state index contributed by atoms with van der Waals surface area (Å²) < 4.78 is 0. The minimum atomic E-state index is 1.14. The standard InChI is InChI=1S/C12H18.C10H14/c1-3-5-11-7-9-12(6-4-2)10-8-11;1-3-9-5-7-10(4-2)8-6-9/h7-10H,3-6H2,1-2H3;5-8H,3-4H2,1-2H3. The molecule has 2 aromatic rings. The van der Waals surface area contributed by atoms with Gasteiger partial charge in [0.1, 0.15) is 0 Å². The Morgan fingerprint density at radius 2 is 0.727 bits per heavy atom. The number of hydrogen-bond acceptors (Lipinski definition) is 0. The van der Waals surface area contributed by atoms with E-state index in [4.69, 9.17) is 0 Å². The molecule has 0 aromatic heterocycles. The second-order valence-corrected chi connectivity index (χ2v) is 5.84. The zero-order valence-electron chi connectivity index (χ0n) is 14.9. The van der Waals surface area contributed by atoms with Crippen molar-refractivity contribution in [3.63, 3.8) is 0 Å². The first kappa shape index (κ1) is 18.5. The fourth-order valence-electron chi connectivity index (χ4n) is 2.46. The van der Waals surface area contributed by atoms with Crippen LogP contribution >= 0.6 is 0 Å². The highest BCUT2D eigenvalue weighted by atomic mass is 14.0. The van der Waals surface area contributed by atoms with Gasteiger partial charge in [0.05, 0.1) is 0 Å². The quantitative estimate of drug-likeness (QED) is 0.578.